The van der Waals surface area contributed by atoms with Gasteiger partial charge in [0.1, 0.15) is 34.0 Å². The number of pyridine rings is 3. The van der Waals surface area contributed by atoms with Crippen LogP contribution in [0.25, 0.3) is 67.5 Å². The molecule has 0 spiro atoms. The molecule has 0 aliphatic carbocycles. The summed E-state index contributed by atoms with van der Waals surface area (Å²) in [6.45, 7) is 3.74. The SMILES string of the molecule is CCC(=O)Oc1ccc(-c2cnn(C)c2)nc1-c1ccc(Br)cc1.CCC(=O)Oc1ccc(-c2cnn(C)c2)nc1-c1ccc(C#C[C@]2(CN3Cc4ccc(OC)cc4C3=O)CC(=O)NC2=O)cc1.Cn1cc(-c2ccc(O)c(-c3ccc(Br)cc3)n2)cn1. The maximum Gasteiger partial charge on any atom is 0.310 e. The van der Waals surface area contributed by atoms with Gasteiger partial charge >= 0.3 is 11.9 Å². The van der Waals surface area contributed by atoms with Crippen LogP contribution in [0.15, 0.2) is 174 Å². The van der Waals surface area contributed by atoms with Crippen molar-refractivity contribution in [3.8, 4) is 102 Å². The number of rotatable bonds is 13. The second-order valence-electron chi connectivity index (χ2n) is 20.7. The molecule has 2 aliphatic heterocycles. The Bertz CT molecular complexity index is 4380. The number of carbonyl (C=O) groups excluding carboxylic acids is 5. The third-order valence-electron chi connectivity index (χ3n) is 14.3. The predicted octanol–water partition coefficient (Wildman–Crippen LogP) is 11.4. The highest BCUT2D eigenvalue weighted by Crippen LogP contribution is 2.37. The zero-order valence-corrected chi connectivity index (χ0v) is 52.2. The Labute approximate surface area is 528 Å². The molecule has 0 radical (unpaired) electrons. The third kappa shape index (κ3) is 14.6. The fourth-order valence-electron chi connectivity index (χ4n) is 9.62. The number of methoxy groups -OCH3 is 1. The number of nitrogens with one attached hydrogen (secondary N) is 1. The number of esters is 2. The van der Waals surface area contributed by atoms with Gasteiger partial charge in [-0.05, 0) is 90.5 Å². The van der Waals surface area contributed by atoms with Crippen molar-refractivity contribution in [2.24, 2.45) is 26.6 Å². The van der Waals surface area contributed by atoms with E-state index in [9.17, 15) is 29.1 Å². The predicted molar refractivity (Wildman–Crippen MR) is 339 cm³/mol. The molecule has 2 aliphatic rings. The number of aromatic hydroxyl groups is 1. The number of hydrogen-bond acceptors (Lipinski definition) is 15. The Kier molecular flexibility index (Phi) is 18.8. The summed E-state index contributed by atoms with van der Waals surface area (Å²) in [5, 5.41) is 24.9. The van der Waals surface area contributed by atoms with Gasteiger partial charge in [0.2, 0.25) is 11.8 Å². The topological polar surface area (TPSA) is 241 Å². The van der Waals surface area contributed by atoms with Crippen molar-refractivity contribution in [2.45, 2.75) is 39.7 Å². The summed E-state index contributed by atoms with van der Waals surface area (Å²) in [4.78, 5) is 78.0. The lowest BCUT2D eigenvalue weighted by Gasteiger charge is -2.25. The molecule has 1 atom stereocenters. The van der Waals surface area contributed by atoms with Gasteiger partial charge in [-0.15, -0.1) is 0 Å². The molecule has 1 fully saturated rings. The summed E-state index contributed by atoms with van der Waals surface area (Å²) in [5.41, 5.74) is 9.46. The average Bonchev–Trinajstić information content (AvgIpc) is 1.79. The molecule has 0 bridgehead atoms. The molecular formula is C67H57Br2N11O9. The molecule has 8 heterocycles. The number of aromatic nitrogens is 9. The number of halogens is 2. The Hall–Kier alpha value is -10.4. The molecule has 89 heavy (non-hydrogen) atoms. The van der Waals surface area contributed by atoms with Gasteiger partial charge in [0.25, 0.3) is 5.91 Å². The van der Waals surface area contributed by atoms with Crippen LogP contribution in [-0.2, 0) is 46.9 Å². The van der Waals surface area contributed by atoms with Crippen LogP contribution < -0.4 is 19.5 Å². The monoisotopic (exact) mass is 1320 g/mol. The van der Waals surface area contributed by atoms with Crippen molar-refractivity contribution in [2.75, 3.05) is 13.7 Å². The Morgan fingerprint density at radius 1 is 0.607 bits per heavy atom. The molecule has 4 aromatic carbocycles. The molecule has 0 unspecified atom stereocenters. The van der Waals surface area contributed by atoms with Gasteiger partial charge in [0.05, 0.1) is 49.2 Å². The highest BCUT2D eigenvalue weighted by molar-refractivity contribution is 9.10. The Balaban J connectivity index is 0.000000165. The molecular weight excluding hydrogens is 1260 g/mol. The van der Waals surface area contributed by atoms with Crippen molar-refractivity contribution in [1.82, 2.24) is 54.5 Å². The number of aryl methyl sites for hydroxylation is 3. The van der Waals surface area contributed by atoms with Crippen LogP contribution in [0.1, 0.15) is 54.6 Å². The van der Waals surface area contributed by atoms with Crippen molar-refractivity contribution >= 4 is 61.5 Å². The lowest BCUT2D eigenvalue weighted by Crippen LogP contribution is -2.42. The van der Waals surface area contributed by atoms with E-state index in [0.29, 0.717) is 69.7 Å². The number of carbonyl (C=O) groups is 5. The van der Waals surface area contributed by atoms with E-state index in [2.05, 4.69) is 69.3 Å². The van der Waals surface area contributed by atoms with Gasteiger partial charge in [0.15, 0.2) is 11.5 Å². The second-order valence-corrected chi connectivity index (χ2v) is 22.5. The van der Waals surface area contributed by atoms with Gasteiger partial charge in [-0.1, -0.05) is 100 Å². The molecule has 0 saturated carbocycles. The van der Waals surface area contributed by atoms with Crippen LogP contribution in [-0.4, -0.2) is 97.6 Å². The fraction of sp³-hybridized carbons (Fsp3) is 0.179. The number of fused-ring (bicyclic) bond motifs is 1. The van der Waals surface area contributed by atoms with Gasteiger partial charge in [0, 0.05) is 119 Å². The minimum Gasteiger partial charge on any atom is -0.506 e. The second kappa shape index (κ2) is 27.1. The van der Waals surface area contributed by atoms with Crippen molar-refractivity contribution in [3.05, 3.63) is 190 Å². The number of nitrogens with zero attached hydrogens (tertiary/aromatic N) is 10. The van der Waals surface area contributed by atoms with Gasteiger partial charge in [-0.3, -0.25) is 43.3 Å². The molecule has 12 rings (SSSR count). The Morgan fingerprint density at radius 3 is 1.51 bits per heavy atom. The highest BCUT2D eigenvalue weighted by Gasteiger charge is 2.48. The lowest BCUT2D eigenvalue weighted by atomic mass is 9.85. The molecule has 3 amide bonds. The van der Waals surface area contributed by atoms with E-state index in [1.165, 1.54) is 7.11 Å². The lowest BCUT2D eigenvalue weighted by molar-refractivity contribution is -0.134. The largest absolute Gasteiger partial charge is 0.506 e. The van der Waals surface area contributed by atoms with Crippen LogP contribution in [0, 0.1) is 17.3 Å². The highest BCUT2D eigenvalue weighted by atomic mass is 79.9. The first-order valence-corrected chi connectivity index (χ1v) is 29.5. The summed E-state index contributed by atoms with van der Waals surface area (Å²) < 4.78 is 23.4. The van der Waals surface area contributed by atoms with Crippen LogP contribution in [0.3, 0.4) is 0 Å². The molecule has 448 valence electrons. The van der Waals surface area contributed by atoms with Crippen molar-refractivity contribution in [1.29, 1.82) is 0 Å². The van der Waals surface area contributed by atoms with Crippen LogP contribution >= 0.6 is 31.9 Å². The van der Waals surface area contributed by atoms with E-state index < -0.39 is 17.2 Å². The summed E-state index contributed by atoms with van der Waals surface area (Å²) in [5.74, 6) is 5.68. The van der Waals surface area contributed by atoms with E-state index in [1.807, 2.05) is 100 Å². The van der Waals surface area contributed by atoms with Gasteiger partial charge in [-0.2, -0.15) is 15.3 Å². The molecule has 10 aromatic rings. The normalized spacial score (nSPS) is 13.9. The maximum atomic E-state index is 13.2. The van der Waals surface area contributed by atoms with Gasteiger partial charge < -0.3 is 24.2 Å². The first kappa shape index (κ1) is 61.7. The summed E-state index contributed by atoms with van der Waals surface area (Å²) in [7, 11) is 7.06. The van der Waals surface area contributed by atoms with E-state index >= 15 is 0 Å². The minimum absolute atomic E-state index is 0.0390. The molecule has 6 aromatic heterocycles. The molecule has 2 N–H and O–H groups in total. The molecule has 20 nitrogen and oxygen atoms in total. The first-order chi connectivity index (χ1) is 42.9. The van der Waals surface area contributed by atoms with Crippen molar-refractivity contribution in [3.63, 3.8) is 0 Å². The smallest absolute Gasteiger partial charge is 0.310 e. The maximum absolute atomic E-state index is 13.2. The van der Waals surface area contributed by atoms with E-state index in [-0.39, 0.29) is 43.0 Å². The molecule has 22 heteroatoms. The van der Waals surface area contributed by atoms with Gasteiger partial charge in [-0.25, -0.2) is 15.0 Å². The number of ether oxygens (including phenoxy) is 3. The van der Waals surface area contributed by atoms with Crippen molar-refractivity contribution < 1.29 is 43.3 Å². The van der Waals surface area contributed by atoms with E-state index in [0.717, 1.165) is 53.7 Å². The quantitative estimate of drug-likeness (QED) is 0.0620. The van der Waals surface area contributed by atoms with E-state index in [1.54, 1.807) is 118 Å². The summed E-state index contributed by atoms with van der Waals surface area (Å²) >= 11 is 6.82. The standard InChI is InChI=1S/C34H29N5O6.C18H16BrN3O2.C15H12BrN3O/c1-4-30(41)45-28-12-11-27(24-17-35-38(2)18-24)36-31(28)22-7-5-21(6-8-22)13-14-34(16-29(40)37-33(34)43)20-39-19-23-9-10-25(44-3)15-26(23)32(39)42;1-3-17(23)24-16-9-8-15(13-10-20-22(2)11-13)21-18(16)12-4-6-14(19)7-5-12;1-19-9-11(8-17-19)13-6-7-14(20)15(18-13)10-2-4-12(16)5-3-10/h5-12,15,17-18H,4,16,19-20H2,1-3H3,(H,37,40,43);4-11H,3H2,1-2H3;2-9,20H,1H3/t34-;;/m1../s1. The zero-order chi connectivity index (χ0) is 62.9. The first-order valence-electron chi connectivity index (χ1n) is 27.9. The van der Waals surface area contributed by atoms with Crippen LogP contribution in [0.2, 0.25) is 0 Å². The Morgan fingerprint density at radius 2 is 1.07 bits per heavy atom. The zero-order valence-electron chi connectivity index (χ0n) is 49.1. The number of amides is 3. The van der Waals surface area contributed by atoms with Crippen LogP contribution in [0.4, 0.5) is 0 Å². The number of benzene rings is 4. The molecule has 1 saturated heterocycles. The number of hydrogen-bond donors (Lipinski definition) is 2. The third-order valence-corrected chi connectivity index (χ3v) is 15.3. The minimum atomic E-state index is -1.40. The summed E-state index contributed by atoms with van der Waals surface area (Å²) in [6.07, 6.45) is 11.2. The summed E-state index contributed by atoms with van der Waals surface area (Å²) in [6, 6.07) is 38.3. The number of imide groups is 1. The fourth-order valence-corrected chi connectivity index (χ4v) is 10.1. The van der Waals surface area contributed by atoms with E-state index in [4.69, 9.17) is 24.2 Å². The van der Waals surface area contributed by atoms with Crippen LogP contribution in [0.5, 0.6) is 23.0 Å². The average molecular weight is 1320 g/mol.